The zero-order chi connectivity index (χ0) is 11.4. The van der Waals surface area contributed by atoms with Crippen molar-refractivity contribution in [1.29, 1.82) is 0 Å². The van der Waals surface area contributed by atoms with Gasteiger partial charge in [-0.2, -0.15) is 0 Å². The summed E-state index contributed by atoms with van der Waals surface area (Å²) in [4.78, 5) is 15.2. The molecule has 1 aliphatic carbocycles. The molecule has 0 spiro atoms. The topological polar surface area (TPSA) is 46.9 Å². The number of nitrogens with zero attached hydrogens (tertiary/aromatic N) is 2. The summed E-state index contributed by atoms with van der Waals surface area (Å²) in [6.07, 6.45) is 8.32. The Morgan fingerprint density at radius 1 is 1.50 bits per heavy atom. The molecular weight excluding hydrogens is 202 g/mol. The molecule has 88 valence electrons. The molecule has 1 saturated carbocycles. The lowest BCUT2D eigenvalue weighted by Gasteiger charge is -2.06. The SMILES string of the molecule is Cc1cnc(=O)n(CCCCNC2CC2)c1. The first-order valence-corrected chi connectivity index (χ1v) is 6.02. The molecule has 0 bridgehead atoms. The van der Waals surface area contributed by atoms with Gasteiger partial charge in [0.05, 0.1) is 0 Å². The molecule has 4 heteroatoms. The van der Waals surface area contributed by atoms with Gasteiger partial charge in [-0.15, -0.1) is 0 Å². The number of hydrogen-bond acceptors (Lipinski definition) is 3. The van der Waals surface area contributed by atoms with Crippen LogP contribution in [-0.4, -0.2) is 22.1 Å². The zero-order valence-corrected chi connectivity index (χ0v) is 9.78. The summed E-state index contributed by atoms with van der Waals surface area (Å²) in [5.41, 5.74) is 0.899. The highest BCUT2D eigenvalue weighted by Crippen LogP contribution is 2.18. The summed E-state index contributed by atoms with van der Waals surface area (Å²) >= 11 is 0. The standard InChI is InChI=1S/C12H19N3O/c1-10-8-14-12(16)15(9-10)7-3-2-6-13-11-4-5-11/h8-9,11,13H,2-7H2,1H3. The normalized spacial score (nSPS) is 15.3. The molecule has 0 radical (unpaired) electrons. The number of aryl methyl sites for hydroxylation is 2. The van der Waals surface area contributed by atoms with Crippen LogP contribution in [0.3, 0.4) is 0 Å². The van der Waals surface area contributed by atoms with Gasteiger partial charge >= 0.3 is 5.69 Å². The second-order valence-electron chi connectivity index (χ2n) is 4.54. The minimum absolute atomic E-state index is 0.138. The number of rotatable bonds is 6. The number of hydrogen-bond donors (Lipinski definition) is 1. The Morgan fingerprint density at radius 2 is 2.31 bits per heavy atom. The molecule has 1 heterocycles. The van der Waals surface area contributed by atoms with Crippen LogP contribution in [0.5, 0.6) is 0 Å². The van der Waals surface area contributed by atoms with Crippen molar-refractivity contribution < 1.29 is 0 Å². The van der Waals surface area contributed by atoms with E-state index in [9.17, 15) is 4.79 Å². The first-order valence-electron chi connectivity index (χ1n) is 6.02. The average molecular weight is 221 g/mol. The van der Waals surface area contributed by atoms with Crippen LogP contribution in [0.1, 0.15) is 31.2 Å². The first kappa shape index (κ1) is 11.3. The fraction of sp³-hybridized carbons (Fsp3) is 0.667. The van der Waals surface area contributed by atoms with Crippen molar-refractivity contribution in [3.63, 3.8) is 0 Å². The average Bonchev–Trinajstić information content (AvgIpc) is 3.06. The first-order chi connectivity index (χ1) is 7.75. The zero-order valence-electron chi connectivity index (χ0n) is 9.78. The maximum Gasteiger partial charge on any atom is 0.347 e. The van der Waals surface area contributed by atoms with E-state index in [0.717, 1.165) is 37.5 Å². The summed E-state index contributed by atoms with van der Waals surface area (Å²) in [5.74, 6) is 0. The quantitative estimate of drug-likeness (QED) is 0.731. The van der Waals surface area contributed by atoms with E-state index in [0.29, 0.717) is 0 Å². The molecule has 4 nitrogen and oxygen atoms in total. The lowest BCUT2D eigenvalue weighted by Crippen LogP contribution is -2.23. The molecule has 1 N–H and O–H groups in total. The van der Waals surface area contributed by atoms with Gasteiger partial charge < -0.3 is 5.32 Å². The Morgan fingerprint density at radius 3 is 3.06 bits per heavy atom. The summed E-state index contributed by atoms with van der Waals surface area (Å²) < 4.78 is 1.70. The van der Waals surface area contributed by atoms with Crippen LogP contribution in [-0.2, 0) is 6.54 Å². The van der Waals surface area contributed by atoms with E-state index in [-0.39, 0.29) is 5.69 Å². The lowest BCUT2D eigenvalue weighted by molar-refractivity contribution is 0.550. The van der Waals surface area contributed by atoms with E-state index in [1.165, 1.54) is 12.8 Å². The van der Waals surface area contributed by atoms with Gasteiger partial charge in [0.2, 0.25) is 0 Å². The summed E-state index contributed by atoms with van der Waals surface area (Å²) in [5, 5.41) is 3.47. The predicted molar refractivity (Wildman–Crippen MR) is 63.5 cm³/mol. The largest absolute Gasteiger partial charge is 0.347 e. The molecule has 0 atom stereocenters. The van der Waals surface area contributed by atoms with Crippen LogP contribution in [0.15, 0.2) is 17.2 Å². The monoisotopic (exact) mass is 221 g/mol. The Hall–Kier alpha value is -1.16. The molecule has 1 aromatic heterocycles. The van der Waals surface area contributed by atoms with E-state index in [1.54, 1.807) is 10.8 Å². The van der Waals surface area contributed by atoms with E-state index in [4.69, 9.17) is 0 Å². The third-order valence-electron chi connectivity index (χ3n) is 2.82. The number of nitrogens with one attached hydrogen (secondary N) is 1. The highest BCUT2D eigenvalue weighted by atomic mass is 16.1. The molecular formula is C12H19N3O. The third kappa shape index (κ3) is 3.45. The number of aromatic nitrogens is 2. The summed E-state index contributed by atoms with van der Waals surface area (Å²) in [6, 6.07) is 0.781. The van der Waals surface area contributed by atoms with Gasteiger partial charge in [-0.05, 0) is 44.7 Å². The van der Waals surface area contributed by atoms with Gasteiger partial charge in [0.1, 0.15) is 0 Å². The fourth-order valence-electron chi connectivity index (χ4n) is 1.73. The van der Waals surface area contributed by atoms with Crippen LogP contribution >= 0.6 is 0 Å². The van der Waals surface area contributed by atoms with Gasteiger partial charge in [-0.3, -0.25) is 4.57 Å². The van der Waals surface area contributed by atoms with Crippen molar-refractivity contribution in [1.82, 2.24) is 14.9 Å². The smallest absolute Gasteiger partial charge is 0.314 e. The lowest BCUT2D eigenvalue weighted by atomic mass is 10.3. The van der Waals surface area contributed by atoms with Gasteiger partial charge in [-0.25, -0.2) is 9.78 Å². The molecule has 0 saturated heterocycles. The molecule has 0 aromatic carbocycles. The van der Waals surface area contributed by atoms with Crippen molar-refractivity contribution >= 4 is 0 Å². The molecule has 0 amide bonds. The maximum atomic E-state index is 11.4. The highest BCUT2D eigenvalue weighted by molar-refractivity contribution is 4.99. The Balaban J connectivity index is 1.71. The molecule has 0 aliphatic heterocycles. The maximum absolute atomic E-state index is 11.4. The predicted octanol–water partition coefficient (Wildman–Crippen LogP) is 1.08. The van der Waals surface area contributed by atoms with Gasteiger partial charge in [-0.1, -0.05) is 0 Å². The van der Waals surface area contributed by atoms with Gasteiger partial charge in [0, 0.05) is 25.0 Å². The van der Waals surface area contributed by atoms with E-state index in [2.05, 4.69) is 10.3 Å². The van der Waals surface area contributed by atoms with Crippen LogP contribution < -0.4 is 11.0 Å². The van der Waals surface area contributed by atoms with Crippen molar-refractivity contribution in [2.75, 3.05) is 6.54 Å². The van der Waals surface area contributed by atoms with Crippen LogP contribution in [0.4, 0.5) is 0 Å². The van der Waals surface area contributed by atoms with Crippen molar-refractivity contribution in [3.05, 3.63) is 28.4 Å². The van der Waals surface area contributed by atoms with Crippen molar-refractivity contribution in [3.8, 4) is 0 Å². The Kier molecular flexibility index (Phi) is 3.72. The Bertz CT molecular complexity index is 395. The minimum Gasteiger partial charge on any atom is -0.314 e. The second kappa shape index (κ2) is 5.25. The third-order valence-corrected chi connectivity index (χ3v) is 2.82. The second-order valence-corrected chi connectivity index (χ2v) is 4.54. The highest BCUT2D eigenvalue weighted by Gasteiger charge is 2.19. The van der Waals surface area contributed by atoms with E-state index in [1.807, 2.05) is 13.1 Å². The van der Waals surface area contributed by atoms with Gasteiger partial charge in [0.15, 0.2) is 0 Å². The molecule has 0 unspecified atom stereocenters. The fourth-order valence-corrected chi connectivity index (χ4v) is 1.73. The summed E-state index contributed by atoms with van der Waals surface area (Å²) in [7, 11) is 0. The van der Waals surface area contributed by atoms with Crippen LogP contribution in [0.2, 0.25) is 0 Å². The molecule has 1 fully saturated rings. The van der Waals surface area contributed by atoms with E-state index >= 15 is 0 Å². The molecule has 1 aliphatic rings. The number of unbranched alkanes of at least 4 members (excludes halogenated alkanes) is 1. The molecule has 2 rings (SSSR count). The minimum atomic E-state index is -0.138. The van der Waals surface area contributed by atoms with Crippen molar-refractivity contribution in [2.24, 2.45) is 0 Å². The van der Waals surface area contributed by atoms with Crippen molar-refractivity contribution in [2.45, 2.75) is 45.2 Å². The summed E-state index contributed by atoms with van der Waals surface area (Å²) in [6.45, 7) is 3.80. The Labute approximate surface area is 95.7 Å². The van der Waals surface area contributed by atoms with Crippen LogP contribution in [0.25, 0.3) is 0 Å². The van der Waals surface area contributed by atoms with Crippen LogP contribution in [0, 0.1) is 6.92 Å². The van der Waals surface area contributed by atoms with Gasteiger partial charge in [0.25, 0.3) is 0 Å². The molecule has 16 heavy (non-hydrogen) atoms. The van der Waals surface area contributed by atoms with E-state index < -0.39 is 0 Å². The molecule has 1 aromatic rings.